The monoisotopic (exact) mass is 382 g/mol. The predicted octanol–water partition coefficient (Wildman–Crippen LogP) is 4.61. The maximum Gasteiger partial charge on any atom is 0.309 e. The molecule has 4 N–H and O–H groups in total. The molecule has 0 saturated carbocycles. The fraction of sp³-hybridized carbons (Fsp3) is 0. The number of rotatable bonds is 0. The first-order chi connectivity index (χ1) is 12.7. The highest BCUT2D eigenvalue weighted by atomic mass is 32.2. The van der Waals surface area contributed by atoms with E-state index in [1.807, 2.05) is 48.8 Å². The summed E-state index contributed by atoms with van der Waals surface area (Å²) in [5.41, 5.74) is 11.0. The van der Waals surface area contributed by atoms with E-state index in [1.54, 1.807) is 0 Å². The molecular weight excluding hydrogens is 364 g/mol. The molecule has 2 aromatic rings. The van der Waals surface area contributed by atoms with Gasteiger partial charge in [-0.25, -0.2) is 13.6 Å². The van der Waals surface area contributed by atoms with Crippen molar-refractivity contribution >= 4 is 54.5 Å². The number of fused-ring (bicyclic) bond motifs is 2. The van der Waals surface area contributed by atoms with Gasteiger partial charge in [0.05, 0.1) is 0 Å². The van der Waals surface area contributed by atoms with Crippen molar-refractivity contribution in [1.82, 2.24) is 0 Å². The molecule has 0 spiro atoms. The van der Waals surface area contributed by atoms with Crippen LogP contribution >= 0.6 is 23.9 Å². The van der Waals surface area contributed by atoms with Crippen LogP contribution in [0.4, 0.5) is 4.79 Å². The van der Waals surface area contributed by atoms with Crippen molar-refractivity contribution in [3.05, 3.63) is 71.8 Å². The van der Waals surface area contributed by atoms with Crippen LogP contribution in [0.15, 0.2) is 79.3 Å². The van der Waals surface area contributed by atoms with Gasteiger partial charge in [0.25, 0.3) is 0 Å². The number of primary amides is 2. The second kappa shape index (κ2) is 11.0. The molecule has 4 rings (SSSR count). The third-order valence-electron chi connectivity index (χ3n) is 2.99. The molecule has 0 bridgehead atoms. The summed E-state index contributed by atoms with van der Waals surface area (Å²) < 4.78 is 8.23. The molecule has 0 fully saturated rings. The van der Waals surface area contributed by atoms with Crippen LogP contribution in [0.2, 0.25) is 0 Å². The van der Waals surface area contributed by atoms with E-state index < -0.39 is 6.03 Å². The fourth-order valence-electron chi connectivity index (χ4n) is 1.94. The quantitative estimate of drug-likeness (QED) is 0.652. The summed E-state index contributed by atoms with van der Waals surface area (Å²) in [6.07, 6.45) is 11.7. The first kappa shape index (κ1) is 19.6. The first-order valence-electron chi connectivity index (χ1n) is 7.64. The number of hydrogen-bond acceptors (Lipinski definition) is 5. The van der Waals surface area contributed by atoms with Crippen molar-refractivity contribution in [2.24, 2.45) is 20.3 Å². The lowest BCUT2D eigenvalue weighted by atomic mass is 10.2. The minimum Gasteiger partial charge on any atom is -0.352 e. The van der Waals surface area contributed by atoms with E-state index in [0.29, 0.717) is 0 Å². The van der Waals surface area contributed by atoms with Gasteiger partial charge in [-0.2, -0.15) is 0 Å². The molecule has 2 heterocycles. The van der Waals surface area contributed by atoms with Gasteiger partial charge in [0.15, 0.2) is 0 Å². The van der Waals surface area contributed by atoms with Gasteiger partial charge in [0, 0.05) is 46.1 Å². The Hall–Kier alpha value is -2.77. The average molecular weight is 383 g/mol. The SMILES string of the molecule is C1=Cc2ccccc2SN=C1.C1=Cc2ccccc2SN=C1.NC(N)=O. The van der Waals surface area contributed by atoms with Crippen molar-refractivity contribution in [3.63, 3.8) is 0 Å². The van der Waals surface area contributed by atoms with E-state index in [1.165, 1.54) is 44.8 Å². The van der Waals surface area contributed by atoms with E-state index in [-0.39, 0.29) is 0 Å². The van der Waals surface area contributed by atoms with Gasteiger partial charge in [-0.1, -0.05) is 48.6 Å². The molecule has 2 amide bonds. The van der Waals surface area contributed by atoms with Gasteiger partial charge in [-0.3, -0.25) is 0 Å². The number of hydrogen-bond donors (Lipinski definition) is 2. The molecular formula is C19H18N4OS2. The molecule has 0 radical (unpaired) electrons. The topological polar surface area (TPSA) is 93.8 Å². The molecule has 2 aromatic carbocycles. The predicted molar refractivity (Wildman–Crippen MR) is 113 cm³/mol. The van der Waals surface area contributed by atoms with Gasteiger partial charge >= 0.3 is 6.03 Å². The zero-order valence-electron chi connectivity index (χ0n) is 13.9. The Morgan fingerprint density at radius 1 is 0.731 bits per heavy atom. The van der Waals surface area contributed by atoms with Crippen LogP contribution in [-0.2, 0) is 0 Å². The molecule has 0 aromatic heterocycles. The molecule has 0 atom stereocenters. The summed E-state index contributed by atoms with van der Waals surface area (Å²) in [5, 5.41) is 0. The summed E-state index contributed by atoms with van der Waals surface area (Å²) in [5.74, 6) is 0. The van der Waals surface area contributed by atoms with Gasteiger partial charge in [0.1, 0.15) is 0 Å². The zero-order valence-corrected chi connectivity index (χ0v) is 15.5. The molecule has 26 heavy (non-hydrogen) atoms. The van der Waals surface area contributed by atoms with Crippen LogP contribution in [0, 0.1) is 0 Å². The number of carbonyl (C=O) groups is 1. The second-order valence-corrected chi connectivity index (χ2v) is 6.55. The van der Waals surface area contributed by atoms with Gasteiger partial charge < -0.3 is 11.5 Å². The molecule has 0 saturated heterocycles. The average Bonchev–Trinajstić information content (AvgIpc) is 3.02. The van der Waals surface area contributed by atoms with Crippen molar-refractivity contribution < 1.29 is 4.79 Å². The summed E-state index contributed by atoms with van der Waals surface area (Å²) in [6.45, 7) is 0. The van der Waals surface area contributed by atoms with E-state index in [0.717, 1.165) is 0 Å². The normalized spacial score (nSPS) is 12.9. The Balaban J connectivity index is 0.000000156. The first-order valence-corrected chi connectivity index (χ1v) is 9.18. The summed E-state index contributed by atoms with van der Waals surface area (Å²) in [4.78, 5) is 11.4. The second-order valence-electron chi connectivity index (χ2n) is 4.89. The van der Waals surface area contributed by atoms with Gasteiger partial charge in [-0.15, -0.1) is 0 Å². The standard InChI is InChI=1S/2C9H7NS.CH4N2O/c2*1-2-6-9-8(4-1)5-3-7-10-11-9;2-1(3)4/h2*1-7H;(H4,2,3,4). The highest BCUT2D eigenvalue weighted by molar-refractivity contribution is 7.98. The molecule has 5 nitrogen and oxygen atoms in total. The fourth-order valence-corrected chi connectivity index (χ4v) is 3.19. The van der Waals surface area contributed by atoms with Crippen molar-refractivity contribution in [2.45, 2.75) is 9.79 Å². The molecule has 7 heteroatoms. The molecule has 132 valence electrons. The van der Waals surface area contributed by atoms with Crippen LogP contribution in [0.1, 0.15) is 11.1 Å². The Morgan fingerprint density at radius 3 is 1.54 bits per heavy atom. The van der Waals surface area contributed by atoms with E-state index in [9.17, 15) is 0 Å². The zero-order chi connectivity index (χ0) is 18.6. The number of nitrogens with zero attached hydrogens (tertiary/aromatic N) is 2. The van der Waals surface area contributed by atoms with Gasteiger partial charge in [-0.05, 0) is 35.4 Å². The van der Waals surface area contributed by atoms with E-state index in [2.05, 4.69) is 56.7 Å². The summed E-state index contributed by atoms with van der Waals surface area (Å²) in [7, 11) is 0. The summed E-state index contributed by atoms with van der Waals surface area (Å²) >= 11 is 3.03. The van der Waals surface area contributed by atoms with Crippen molar-refractivity contribution in [1.29, 1.82) is 0 Å². The number of benzene rings is 2. The molecule has 2 aliphatic rings. The lowest BCUT2D eigenvalue weighted by Crippen LogP contribution is -2.18. The van der Waals surface area contributed by atoms with Crippen molar-refractivity contribution in [3.8, 4) is 0 Å². The van der Waals surface area contributed by atoms with Crippen LogP contribution in [0.5, 0.6) is 0 Å². The van der Waals surface area contributed by atoms with Crippen LogP contribution in [0.25, 0.3) is 12.2 Å². The number of urea groups is 1. The molecule has 0 aliphatic carbocycles. The van der Waals surface area contributed by atoms with Crippen molar-refractivity contribution in [2.75, 3.05) is 0 Å². The molecule has 0 unspecified atom stereocenters. The number of allylic oxidation sites excluding steroid dienone is 2. The van der Waals surface area contributed by atoms with E-state index in [4.69, 9.17) is 4.79 Å². The van der Waals surface area contributed by atoms with E-state index >= 15 is 0 Å². The highest BCUT2D eigenvalue weighted by Crippen LogP contribution is 2.26. The Labute approximate surface area is 161 Å². The van der Waals surface area contributed by atoms with Crippen LogP contribution in [-0.4, -0.2) is 18.5 Å². The highest BCUT2D eigenvalue weighted by Gasteiger charge is 1.99. The minimum absolute atomic E-state index is 0.833. The Bertz CT molecular complexity index is 791. The lowest BCUT2D eigenvalue weighted by Gasteiger charge is -1.97. The van der Waals surface area contributed by atoms with Crippen LogP contribution < -0.4 is 11.5 Å². The minimum atomic E-state index is -0.833. The van der Waals surface area contributed by atoms with Gasteiger partial charge in [0.2, 0.25) is 0 Å². The molecule has 2 aliphatic heterocycles. The van der Waals surface area contributed by atoms with Crippen LogP contribution in [0.3, 0.4) is 0 Å². The maximum absolute atomic E-state index is 9.00. The third kappa shape index (κ3) is 7.00. The summed E-state index contributed by atoms with van der Waals surface area (Å²) in [6, 6.07) is 15.6. The Kier molecular flexibility index (Phi) is 8.25. The maximum atomic E-state index is 9.00. The smallest absolute Gasteiger partial charge is 0.309 e. The Morgan fingerprint density at radius 2 is 1.12 bits per heavy atom. The number of amides is 2. The number of carbonyl (C=O) groups excluding carboxylic acids is 1. The lowest BCUT2D eigenvalue weighted by molar-refractivity contribution is 0.256. The largest absolute Gasteiger partial charge is 0.352 e. The number of nitrogens with two attached hydrogens (primary N) is 2. The third-order valence-corrected chi connectivity index (χ3v) is 4.58.